The third kappa shape index (κ3) is 2.83. The van der Waals surface area contributed by atoms with Crippen molar-refractivity contribution in [3.05, 3.63) is 17.5 Å². The Morgan fingerprint density at radius 2 is 2.56 bits per heavy atom. The maximum atomic E-state index is 5.09. The summed E-state index contributed by atoms with van der Waals surface area (Å²) < 4.78 is 5.09. The third-order valence-electron chi connectivity index (χ3n) is 3.29. The first kappa shape index (κ1) is 11.6. The predicted molar refractivity (Wildman–Crippen MR) is 63.5 cm³/mol. The van der Waals surface area contributed by atoms with Gasteiger partial charge >= 0.3 is 0 Å². The van der Waals surface area contributed by atoms with E-state index in [-0.39, 0.29) is 0 Å². The average molecular weight is 223 g/mol. The largest absolute Gasteiger partial charge is 0.385 e. The first-order chi connectivity index (χ1) is 7.79. The molecular weight excluding hydrogens is 202 g/mol. The van der Waals surface area contributed by atoms with Crippen molar-refractivity contribution in [1.29, 1.82) is 0 Å². The Labute approximate surface area is 96.8 Å². The number of rotatable bonds is 5. The monoisotopic (exact) mass is 223 g/mol. The number of nitrogens with one attached hydrogen (secondary N) is 2. The van der Waals surface area contributed by atoms with Crippen molar-refractivity contribution in [1.82, 2.24) is 15.5 Å². The Morgan fingerprint density at radius 1 is 1.69 bits per heavy atom. The van der Waals surface area contributed by atoms with Gasteiger partial charge in [-0.25, -0.2) is 0 Å². The molecule has 1 aromatic heterocycles. The molecule has 2 N–H and O–H groups in total. The molecule has 1 aromatic rings. The fraction of sp³-hybridized carbons (Fsp3) is 0.750. The minimum Gasteiger partial charge on any atom is -0.385 e. The van der Waals surface area contributed by atoms with Gasteiger partial charge in [-0.05, 0) is 38.2 Å². The van der Waals surface area contributed by atoms with E-state index < -0.39 is 0 Å². The van der Waals surface area contributed by atoms with Crippen molar-refractivity contribution < 1.29 is 4.74 Å². The van der Waals surface area contributed by atoms with Gasteiger partial charge in [0.2, 0.25) is 0 Å². The van der Waals surface area contributed by atoms with E-state index in [0.717, 1.165) is 25.9 Å². The van der Waals surface area contributed by atoms with E-state index in [9.17, 15) is 0 Å². The smallest absolute Gasteiger partial charge is 0.0522 e. The van der Waals surface area contributed by atoms with Gasteiger partial charge in [-0.2, -0.15) is 5.10 Å². The van der Waals surface area contributed by atoms with E-state index in [1.807, 2.05) is 6.20 Å². The van der Waals surface area contributed by atoms with Crippen LogP contribution in [0, 0.1) is 0 Å². The molecule has 4 nitrogen and oxygen atoms in total. The van der Waals surface area contributed by atoms with E-state index in [1.54, 1.807) is 7.11 Å². The van der Waals surface area contributed by atoms with E-state index in [0.29, 0.717) is 12.1 Å². The first-order valence-corrected chi connectivity index (χ1v) is 6.05. The lowest BCUT2D eigenvalue weighted by atomic mass is 9.93. The molecule has 16 heavy (non-hydrogen) atoms. The van der Waals surface area contributed by atoms with Crippen LogP contribution in [-0.2, 0) is 17.6 Å². The minimum atomic E-state index is 0.526. The zero-order chi connectivity index (χ0) is 11.4. The highest BCUT2D eigenvalue weighted by Crippen LogP contribution is 2.19. The van der Waals surface area contributed by atoms with Crippen LogP contribution < -0.4 is 5.32 Å². The van der Waals surface area contributed by atoms with Gasteiger partial charge in [-0.1, -0.05) is 0 Å². The Kier molecular flexibility index (Phi) is 3.96. The quantitative estimate of drug-likeness (QED) is 0.790. The number of methoxy groups -OCH3 is 1. The fourth-order valence-corrected chi connectivity index (χ4v) is 2.34. The van der Waals surface area contributed by atoms with Crippen molar-refractivity contribution in [3.8, 4) is 0 Å². The molecule has 0 aromatic carbocycles. The zero-order valence-corrected chi connectivity index (χ0v) is 10.1. The van der Waals surface area contributed by atoms with Crippen LogP contribution in [0.4, 0.5) is 0 Å². The highest BCUT2D eigenvalue weighted by atomic mass is 16.5. The van der Waals surface area contributed by atoms with Crippen LogP contribution in [0.3, 0.4) is 0 Å². The number of hydrogen-bond acceptors (Lipinski definition) is 3. The van der Waals surface area contributed by atoms with E-state index in [2.05, 4.69) is 22.4 Å². The topological polar surface area (TPSA) is 49.9 Å². The van der Waals surface area contributed by atoms with Gasteiger partial charge in [0.05, 0.1) is 6.20 Å². The maximum absolute atomic E-state index is 5.09. The summed E-state index contributed by atoms with van der Waals surface area (Å²) >= 11 is 0. The third-order valence-corrected chi connectivity index (χ3v) is 3.29. The molecule has 0 amide bonds. The van der Waals surface area contributed by atoms with Gasteiger partial charge in [-0.15, -0.1) is 0 Å². The lowest BCUT2D eigenvalue weighted by Gasteiger charge is -2.26. The highest BCUT2D eigenvalue weighted by molar-refractivity contribution is 5.21. The van der Waals surface area contributed by atoms with Gasteiger partial charge in [0.25, 0.3) is 0 Å². The number of hydrogen-bond donors (Lipinski definition) is 2. The zero-order valence-electron chi connectivity index (χ0n) is 10.1. The molecule has 1 heterocycles. The van der Waals surface area contributed by atoms with Crippen molar-refractivity contribution in [3.63, 3.8) is 0 Å². The molecule has 0 spiro atoms. The van der Waals surface area contributed by atoms with Crippen molar-refractivity contribution in [2.75, 3.05) is 13.7 Å². The van der Waals surface area contributed by atoms with Crippen LogP contribution >= 0.6 is 0 Å². The van der Waals surface area contributed by atoms with Crippen LogP contribution in [0.1, 0.15) is 31.0 Å². The summed E-state index contributed by atoms with van der Waals surface area (Å²) in [4.78, 5) is 0. The first-order valence-electron chi connectivity index (χ1n) is 6.05. The number of aromatic amines is 1. The lowest BCUT2D eigenvalue weighted by molar-refractivity contribution is 0.182. The molecule has 0 bridgehead atoms. The summed E-state index contributed by atoms with van der Waals surface area (Å²) in [5.41, 5.74) is 2.70. The van der Waals surface area contributed by atoms with Crippen LogP contribution in [0.5, 0.6) is 0 Å². The molecule has 1 aliphatic rings. The van der Waals surface area contributed by atoms with E-state index >= 15 is 0 Å². The highest BCUT2D eigenvalue weighted by Gasteiger charge is 2.20. The lowest BCUT2D eigenvalue weighted by Crippen LogP contribution is -2.40. The molecule has 1 aliphatic carbocycles. The Bertz CT molecular complexity index is 324. The van der Waals surface area contributed by atoms with Crippen LogP contribution in [0.25, 0.3) is 0 Å². The SMILES string of the molecule is COCCC(C)NC1CCc2[nH]ncc2C1. The number of aromatic nitrogens is 2. The summed E-state index contributed by atoms with van der Waals surface area (Å²) in [6.45, 7) is 3.06. The molecule has 2 unspecified atom stereocenters. The predicted octanol–water partition coefficient (Wildman–Crippen LogP) is 1.28. The van der Waals surface area contributed by atoms with Crippen LogP contribution in [0.15, 0.2) is 6.20 Å². The molecular formula is C12H21N3O. The Balaban J connectivity index is 1.80. The molecule has 4 heteroatoms. The van der Waals surface area contributed by atoms with Crippen molar-refractivity contribution in [2.45, 2.75) is 44.7 Å². The number of ether oxygens (including phenoxy) is 1. The minimum absolute atomic E-state index is 0.526. The van der Waals surface area contributed by atoms with Crippen LogP contribution in [0.2, 0.25) is 0 Å². The Morgan fingerprint density at radius 3 is 3.38 bits per heavy atom. The van der Waals surface area contributed by atoms with Crippen LogP contribution in [-0.4, -0.2) is 36.0 Å². The molecule has 0 fully saturated rings. The Hall–Kier alpha value is -0.870. The number of nitrogens with zero attached hydrogens (tertiary/aromatic N) is 1. The summed E-state index contributed by atoms with van der Waals surface area (Å²) in [6, 6.07) is 1.12. The van der Waals surface area contributed by atoms with Gasteiger partial charge in [0, 0.05) is 31.5 Å². The standard InChI is InChI=1S/C12H21N3O/c1-9(5-6-16-2)14-11-3-4-12-10(7-11)8-13-15-12/h8-9,11,14H,3-7H2,1-2H3,(H,13,15). The number of H-pyrrole nitrogens is 1. The number of aryl methyl sites for hydroxylation is 1. The van der Waals surface area contributed by atoms with Gasteiger partial charge < -0.3 is 10.1 Å². The molecule has 2 rings (SSSR count). The van der Waals surface area contributed by atoms with Crippen molar-refractivity contribution in [2.24, 2.45) is 0 Å². The summed E-state index contributed by atoms with van der Waals surface area (Å²) in [6.07, 6.45) is 6.45. The molecule has 0 saturated heterocycles. The van der Waals surface area contributed by atoms with E-state index in [4.69, 9.17) is 4.74 Å². The molecule has 0 aliphatic heterocycles. The number of fused-ring (bicyclic) bond motifs is 1. The second-order valence-electron chi connectivity index (χ2n) is 4.66. The average Bonchev–Trinajstić information content (AvgIpc) is 2.73. The molecule has 0 radical (unpaired) electrons. The molecule has 2 atom stereocenters. The second kappa shape index (κ2) is 5.46. The van der Waals surface area contributed by atoms with E-state index in [1.165, 1.54) is 17.7 Å². The van der Waals surface area contributed by atoms with Gasteiger partial charge in [0.15, 0.2) is 0 Å². The summed E-state index contributed by atoms with van der Waals surface area (Å²) in [7, 11) is 1.76. The van der Waals surface area contributed by atoms with Gasteiger partial charge in [0.1, 0.15) is 0 Å². The molecule has 90 valence electrons. The summed E-state index contributed by atoms with van der Waals surface area (Å²) in [5.74, 6) is 0. The van der Waals surface area contributed by atoms with Crippen molar-refractivity contribution >= 4 is 0 Å². The maximum Gasteiger partial charge on any atom is 0.0522 e. The summed E-state index contributed by atoms with van der Waals surface area (Å²) in [5, 5.41) is 10.8. The molecule has 0 saturated carbocycles. The van der Waals surface area contributed by atoms with Gasteiger partial charge in [-0.3, -0.25) is 5.10 Å². The normalized spacial score (nSPS) is 21.8. The second-order valence-corrected chi connectivity index (χ2v) is 4.66. The fourth-order valence-electron chi connectivity index (χ4n) is 2.34.